The maximum absolute atomic E-state index is 12.2. The highest BCUT2D eigenvalue weighted by atomic mass is 35.5. The SMILES string of the molecule is O=S(=O)(O[s+]1cnc2ccc(Cl)cc21)c1ccc(Cl)cc1. The van der Waals surface area contributed by atoms with Crippen molar-refractivity contribution in [3.8, 4) is 0 Å². The molecule has 0 aliphatic carbocycles. The molecular weight excluding hydrogens is 353 g/mol. The summed E-state index contributed by atoms with van der Waals surface area (Å²) in [5, 5.41) is 0.959. The number of benzene rings is 2. The molecule has 1 atom stereocenters. The molecule has 1 unspecified atom stereocenters. The van der Waals surface area contributed by atoms with Gasteiger partial charge in [-0.3, -0.25) is 0 Å². The third kappa shape index (κ3) is 3.04. The Balaban J connectivity index is 2.01. The molecule has 0 fully saturated rings. The number of aromatic nitrogens is 1. The van der Waals surface area contributed by atoms with Crippen LogP contribution in [-0.4, -0.2) is 13.4 Å². The van der Waals surface area contributed by atoms with Crippen molar-refractivity contribution < 1.29 is 12.0 Å². The van der Waals surface area contributed by atoms with Crippen LogP contribution >= 0.6 is 34.0 Å². The summed E-state index contributed by atoms with van der Waals surface area (Å²) in [6.45, 7) is 0. The van der Waals surface area contributed by atoms with E-state index in [-0.39, 0.29) is 4.90 Å². The first-order valence-corrected chi connectivity index (χ1v) is 9.11. The highest BCUT2D eigenvalue weighted by molar-refractivity contribution is 7.89. The second kappa shape index (κ2) is 5.55. The first-order chi connectivity index (χ1) is 9.95. The molecule has 3 rings (SSSR count). The summed E-state index contributed by atoms with van der Waals surface area (Å²) < 4.78 is 30.4. The number of rotatable bonds is 3. The predicted octanol–water partition coefficient (Wildman–Crippen LogP) is 4.11. The van der Waals surface area contributed by atoms with E-state index in [1.54, 1.807) is 18.2 Å². The Bertz CT molecular complexity index is 905. The summed E-state index contributed by atoms with van der Waals surface area (Å²) in [5.74, 6) is 0. The van der Waals surface area contributed by atoms with E-state index in [4.69, 9.17) is 26.8 Å². The number of hydrogen-bond acceptors (Lipinski definition) is 4. The van der Waals surface area contributed by atoms with E-state index >= 15 is 0 Å². The van der Waals surface area contributed by atoms with Crippen LogP contribution in [0.2, 0.25) is 10.0 Å². The number of halogens is 2. The first-order valence-electron chi connectivity index (χ1n) is 5.73. The quantitative estimate of drug-likeness (QED) is 0.659. The molecule has 0 aliphatic heterocycles. The molecule has 0 saturated carbocycles. The van der Waals surface area contributed by atoms with Crippen molar-refractivity contribution in [2.45, 2.75) is 4.90 Å². The molecule has 0 spiro atoms. The van der Waals surface area contributed by atoms with Gasteiger partial charge in [0.1, 0.15) is 5.52 Å². The van der Waals surface area contributed by atoms with Crippen LogP contribution < -0.4 is 3.63 Å². The van der Waals surface area contributed by atoms with Gasteiger partial charge in [-0.2, -0.15) is 13.4 Å². The number of nitrogens with zero attached hydrogens (tertiary/aromatic N) is 1. The van der Waals surface area contributed by atoms with Crippen LogP contribution in [0, 0.1) is 0 Å². The van der Waals surface area contributed by atoms with Gasteiger partial charge in [-0.15, -0.1) is 0 Å². The number of fused-ring (bicyclic) bond motifs is 1. The molecule has 8 heteroatoms. The topological polar surface area (TPSA) is 56.3 Å². The van der Waals surface area contributed by atoms with Crippen molar-refractivity contribution in [1.82, 2.24) is 4.98 Å². The van der Waals surface area contributed by atoms with Gasteiger partial charge in [-0.25, -0.2) is 0 Å². The molecular formula is C13H8Cl2NO3S2+. The Morgan fingerprint density at radius 2 is 1.67 bits per heavy atom. The summed E-state index contributed by atoms with van der Waals surface area (Å²) in [6, 6.07) is 10.9. The van der Waals surface area contributed by atoms with Gasteiger partial charge in [0.15, 0.2) is 10.8 Å². The van der Waals surface area contributed by atoms with Gasteiger partial charge in [0.25, 0.3) is 5.51 Å². The van der Waals surface area contributed by atoms with Crippen LogP contribution in [0.25, 0.3) is 10.2 Å². The van der Waals surface area contributed by atoms with Crippen molar-refractivity contribution in [1.29, 1.82) is 0 Å². The Labute approximate surface area is 134 Å². The monoisotopic (exact) mass is 360 g/mol. The van der Waals surface area contributed by atoms with Crippen LogP contribution in [0.5, 0.6) is 0 Å². The van der Waals surface area contributed by atoms with Gasteiger partial charge in [0, 0.05) is 16.1 Å². The molecule has 21 heavy (non-hydrogen) atoms. The zero-order chi connectivity index (χ0) is 15.0. The maximum atomic E-state index is 12.2. The van der Waals surface area contributed by atoms with Crippen LogP contribution in [0.3, 0.4) is 0 Å². The predicted molar refractivity (Wildman–Crippen MR) is 84.4 cm³/mol. The second-order valence-electron chi connectivity index (χ2n) is 4.12. The summed E-state index contributed by atoms with van der Waals surface area (Å²) >= 11 is 11.7. The van der Waals surface area contributed by atoms with Crippen LogP contribution in [-0.2, 0) is 10.1 Å². The largest absolute Gasteiger partial charge is 0.344 e. The molecule has 108 valence electrons. The minimum absolute atomic E-state index is 0.0447. The lowest BCUT2D eigenvalue weighted by molar-refractivity contribution is 0.535. The molecule has 0 radical (unpaired) electrons. The fourth-order valence-electron chi connectivity index (χ4n) is 1.71. The summed E-state index contributed by atoms with van der Waals surface area (Å²) in [5.41, 5.74) is 2.13. The molecule has 0 bridgehead atoms. The Hall–Kier alpha value is -1.18. The van der Waals surface area contributed by atoms with Gasteiger partial charge < -0.3 is 0 Å². The van der Waals surface area contributed by atoms with Gasteiger partial charge in [-0.05, 0) is 40.0 Å². The maximum Gasteiger partial charge on any atom is 0.344 e. The normalized spacial score (nSPS) is 12.8. The third-order valence-corrected chi connectivity index (χ3v) is 6.39. The van der Waals surface area contributed by atoms with Crippen molar-refractivity contribution in [3.05, 3.63) is 58.0 Å². The zero-order valence-corrected chi connectivity index (χ0v) is 13.5. The Morgan fingerprint density at radius 3 is 2.38 bits per heavy atom. The van der Waals surface area contributed by atoms with E-state index in [1.165, 1.54) is 29.8 Å². The molecule has 0 saturated heterocycles. The lowest BCUT2D eigenvalue weighted by Gasteiger charge is -1.98. The molecule has 2 aromatic carbocycles. The minimum Gasteiger partial charge on any atom is -0.197 e. The molecule has 1 aromatic heterocycles. The highest BCUT2D eigenvalue weighted by Crippen LogP contribution is 2.32. The van der Waals surface area contributed by atoms with Crippen molar-refractivity contribution >= 4 is 54.3 Å². The van der Waals surface area contributed by atoms with Crippen molar-refractivity contribution in [3.63, 3.8) is 0 Å². The molecule has 0 amide bonds. The number of hydrogen-bond donors (Lipinski definition) is 0. The number of thiazole rings is 1. The third-order valence-electron chi connectivity index (χ3n) is 2.69. The van der Waals surface area contributed by atoms with Gasteiger partial charge in [-0.1, -0.05) is 23.2 Å². The lowest BCUT2D eigenvalue weighted by atomic mass is 10.3. The van der Waals surface area contributed by atoms with Crippen LogP contribution in [0.15, 0.2) is 52.9 Å². The van der Waals surface area contributed by atoms with E-state index < -0.39 is 20.9 Å². The standard InChI is InChI=1S/C13H8Cl2NO3S2/c14-9-1-4-11(5-2-9)21(17,18)19-20-8-16-12-6-3-10(15)7-13(12)20/h1-8H/q+1. The zero-order valence-electron chi connectivity index (χ0n) is 10.4. The highest BCUT2D eigenvalue weighted by Gasteiger charge is 2.27. The fourth-order valence-corrected chi connectivity index (χ4v) is 4.95. The fraction of sp³-hybridized carbons (Fsp3) is 0. The molecule has 0 aliphatic rings. The summed E-state index contributed by atoms with van der Waals surface area (Å²) in [4.78, 5) is 4.18. The van der Waals surface area contributed by atoms with E-state index in [1.807, 2.05) is 0 Å². The first kappa shape index (κ1) is 14.7. The van der Waals surface area contributed by atoms with Gasteiger partial charge in [0.05, 0.1) is 4.90 Å². The van der Waals surface area contributed by atoms with E-state index in [2.05, 4.69) is 4.98 Å². The van der Waals surface area contributed by atoms with E-state index in [9.17, 15) is 8.42 Å². The van der Waals surface area contributed by atoms with Crippen LogP contribution in [0.1, 0.15) is 0 Å². The van der Waals surface area contributed by atoms with E-state index in [0.29, 0.717) is 20.3 Å². The second-order valence-corrected chi connectivity index (χ2v) is 8.16. The average Bonchev–Trinajstić information content (AvgIpc) is 2.81. The lowest BCUT2D eigenvalue weighted by Crippen LogP contribution is -2.08. The molecule has 0 N–H and O–H groups in total. The minimum atomic E-state index is -3.90. The summed E-state index contributed by atoms with van der Waals surface area (Å²) in [7, 11) is -4.98. The van der Waals surface area contributed by atoms with Gasteiger partial charge in [0.2, 0.25) is 4.70 Å². The molecule has 4 nitrogen and oxygen atoms in total. The molecule has 3 aromatic rings. The van der Waals surface area contributed by atoms with Crippen molar-refractivity contribution in [2.75, 3.05) is 0 Å². The Kier molecular flexibility index (Phi) is 3.90. The van der Waals surface area contributed by atoms with Crippen molar-refractivity contribution in [2.24, 2.45) is 0 Å². The van der Waals surface area contributed by atoms with E-state index in [0.717, 1.165) is 0 Å². The molecule has 1 heterocycles. The summed E-state index contributed by atoms with van der Waals surface area (Å²) in [6.07, 6.45) is 0. The average molecular weight is 361 g/mol. The smallest absolute Gasteiger partial charge is 0.197 e. The van der Waals surface area contributed by atoms with Crippen LogP contribution in [0.4, 0.5) is 0 Å². The van der Waals surface area contributed by atoms with Gasteiger partial charge >= 0.3 is 10.1 Å². The Morgan fingerprint density at radius 1 is 1.00 bits per heavy atom.